The molecule has 0 aromatic heterocycles. The third-order valence-electron chi connectivity index (χ3n) is 6.19. The molecule has 3 heteroatoms. The van der Waals surface area contributed by atoms with Crippen molar-refractivity contribution in [3.05, 3.63) is 156 Å². The summed E-state index contributed by atoms with van der Waals surface area (Å²) in [7, 11) is 0. The molecular formula is C36H33N3. The number of benzene rings is 4. The van der Waals surface area contributed by atoms with Crippen LogP contribution < -0.4 is 0 Å². The third-order valence-corrected chi connectivity index (χ3v) is 6.19. The van der Waals surface area contributed by atoms with Gasteiger partial charge in [-0.15, -0.1) is 0 Å². The van der Waals surface area contributed by atoms with Crippen molar-refractivity contribution in [3.63, 3.8) is 0 Å². The highest BCUT2D eigenvalue weighted by Gasteiger charge is 2.10. The fourth-order valence-corrected chi connectivity index (χ4v) is 4.28. The van der Waals surface area contributed by atoms with Crippen molar-refractivity contribution in [2.75, 3.05) is 0 Å². The highest BCUT2D eigenvalue weighted by atomic mass is 15.0. The molecule has 4 aromatic carbocycles. The Hall–Kier alpha value is -4.89. The summed E-state index contributed by atoms with van der Waals surface area (Å²) in [4.78, 5) is 14.1. The van der Waals surface area contributed by atoms with E-state index in [1.54, 1.807) is 6.08 Å². The summed E-state index contributed by atoms with van der Waals surface area (Å²) >= 11 is 0. The molecule has 0 aliphatic carbocycles. The second-order valence-electron chi connectivity index (χ2n) is 9.11. The number of aliphatic imine (C=N–C) groups is 3. The second kappa shape index (κ2) is 13.6. The van der Waals surface area contributed by atoms with E-state index in [0.29, 0.717) is 18.2 Å². The van der Waals surface area contributed by atoms with E-state index < -0.39 is 0 Å². The first kappa shape index (κ1) is 27.2. The van der Waals surface area contributed by atoms with E-state index in [1.807, 2.05) is 55.5 Å². The molecule has 4 rings (SSSR count). The van der Waals surface area contributed by atoms with Crippen molar-refractivity contribution in [2.45, 2.75) is 20.4 Å². The topological polar surface area (TPSA) is 37.1 Å². The molecule has 0 aliphatic heterocycles. The van der Waals surface area contributed by atoms with Crippen LogP contribution in [0.1, 0.15) is 23.6 Å². The molecule has 0 atom stereocenters. The number of rotatable bonds is 8. The molecular weight excluding hydrogens is 474 g/mol. The zero-order chi connectivity index (χ0) is 27.5. The molecule has 0 bridgehead atoms. The SMILES string of the molecule is C=C/C=C(\C=C/C)C(=NCc1ccccc1)N=C(N=C)c1cccc(-c2cccc(-c3cccc(C)c3)c2)c1. The van der Waals surface area contributed by atoms with Crippen molar-refractivity contribution in [1.82, 2.24) is 0 Å². The van der Waals surface area contributed by atoms with Crippen molar-refractivity contribution in [1.29, 1.82) is 0 Å². The molecule has 0 aliphatic rings. The predicted octanol–water partition coefficient (Wildman–Crippen LogP) is 9.06. The van der Waals surface area contributed by atoms with Gasteiger partial charge in [-0.2, -0.15) is 0 Å². The minimum atomic E-state index is 0.502. The number of amidine groups is 2. The maximum atomic E-state index is 4.90. The van der Waals surface area contributed by atoms with Gasteiger partial charge in [0.25, 0.3) is 0 Å². The Morgan fingerprint density at radius 2 is 1.41 bits per heavy atom. The lowest BCUT2D eigenvalue weighted by Crippen LogP contribution is -2.06. The molecule has 39 heavy (non-hydrogen) atoms. The van der Waals surface area contributed by atoms with Crippen LogP contribution >= 0.6 is 0 Å². The van der Waals surface area contributed by atoms with Gasteiger partial charge in [-0.05, 0) is 60.5 Å². The van der Waals surface area contributed by atoms with Crippen LogP contribution in [0, 0.1) is 6.92 Å². The first-order valence-corrected chi connectivity index (χ1v) is 13.0. The van der Waals surface area contributed by atoms with Crippen molar-refractivity contribution in [2.24, 2.45) is 15.0 Å². The average molecular weight is 508 g/mol. The zero-order valence-electron chi connectivity index (χ0n) is 22.6. The number of aryl methyl sites for hydroxylation is 1. The van der Waals surface area contributed by atoms with Crippen LogP contribution in [-0.4, -0.2) is 18.4 Å². The smallest absolute Gasteiger partial charge is 0.161 e. The molecule has 3 nitrogen and oxygen atoms in total. The van der Waals surface area contributed by atoms with Crippen molar-refractivity contribution >= 4 is 18.4 Å². The summed E-state index contributed by atoms with van der Waals surface area (Å²) < 4.78 is 0. The maximum Gasteiger partial charge on any atom is 0.161 e. The Morgan fingerprint density at radius 3 is 2.05 bits per heavy atom. The molecule has 0 unspecified atom stereocenters. The number of hydrogen-bond donors (Lipinski definition) is 0. The Morgan fingerprint density at radius 1 is 0.769 bits per heavy atom. The van der Waals surface area contributed by atoms with E-state index in [-0.39, 0.29) is 0 Å². The van der Waals surface area contributed by atoms with Crippen LogP contribution in [0.3, 0.4) is 0 Å². The van der Waals surface area contributed by atoms with E-state index in [9.17, 15) is 0 Å². The predicted molar refractivity (Wildman–Crippen MR) is 169 cm³/mol. The summed E-state index contributed by atoms with van der Waals surface area (Å²) in [5.41, 5.74) is 8.65. The van der Waals surface area contributed by atoms with Crippen LogP contribution in [0.15, 0.2) is 155 Å². The van der Waals surface area contributed by atoms with Gasteiger partial charge in [0.1, 0.15) is 0 Å². The average Bonchev–Trinajstić information content (AvgIpc) is 2.98. The molecule has 4 aromatic rings. The molecule has 0 saturated heterocycles. The van der Waals surface area contributed by atoms with Gasteiger partial charge in [0.2, 0.25) is 0 Å². The monoisotopic (exact) mass is 507 g/mol. The first-order chi connectivity index (χ1) is 19.1. The van der Waals surface area contributed by atoms with E-state index in [2.05, 4.69) is 98.0 Å². The summed E-state index contributed by atoms with van der Waals surface area (Å²) in [5.74, 6) is 1.09. The summed E-state index contributed by atoms with van der Waals surface area (Å²) in [6.07, 6.45) is 7.58. The fraction of sp³-hybridized carbons (Fsp3) is 0.0833. The minimum Gasteiger partial charge on any atom is -0.261 e. The molecule has 0 radical (unpaired) electrons. The summed E-state index contributed by atoms with van der Waals surface area (Å²) in [6, 6.07) is 35.5. The van der Waals surface area contributed by atoms with Gasteiger partial charge < -0.3 is 0 Å². The fourth-order valence-electron chi connectivity index (χ4n) is 4.28. The van der Waals surface area contributed by atoms with Gasteiger partial charge in [-0.25, -0.2) is 9.98 Å². The van der Waals surface area contributed by atoms with Gasteiger partial charge in [0.15, 0.2) is 11.7 Å². The Balaban J connectivity index is 1.73. The van der Waals surface area contributed by atoms with Crippen molar-refractivity contribution < 1.29 is 0 Å². The molecule has 0 N–H and O–H groups in total. The summed E-state index contributed by atoms with van der Waals surface area (Å²) in [5, 5.41) is 0. The van der Waals surface area contributed by atoms with Gasteiger partial charge in [-0.1, -0.05) is 127 Å². The number of allylic oxidation sites excluding steroid dienone is 3. The standard InChI is InChI=1S/C36H33N3/c1-5-13-29(14-6-2)36(38-26-28-16-8-7-9-17-28)39-35(37-4)34-22-12-21-33(25-34)32-20-11-19-31(24-32)30-18-10-15-27(3)23-30/h5-25H,1,4,26H2,2-3H3/b14-6-,29-13+,38-36?,39-35?. The van der Waals surface area contributed by atoms with E-state index in [1.165, 1.54) is 16.7 Å². The number of nitrogens with zero attached hydrogens (tertiary/aromatic N) is 3. The van der Waals surface area contributed by atoms with Gasteiger partial charge in [-0.3, -0.25) is 4.99 Å². The van der Waals surface area contributed by atoms with E-state index in [0.717, 1.165) is 27.8 Å². The quantitative estimate of drug-likeness (QED) is 0.130. The molecule has 0 fully saturated rings. The van der Waals surface area contributed by atoms with Crippen LogP contribution in [-0.2, 0) is 6.54 Å². The minimum absolute atomic E-state index is 0.502. The maximum absolute atomic E-state index is 4.90. The molecule has 0 heterocycles. The first-order valence-electron chi connectivity index (χ1n) is 13.0. The van der Waals surface area contributed by atoms with Crippen LogP contribution in [0.5, 0.6) is 0 Å². The van der Waals surface area contributed by atoms with Gasteiger partial charge in [0.05, 0.1) is 6.54 Å². The summed E-state index contributed by atoms with van der Waals surface area (Å²) in [6.45, 7) is 12.3. The molecule has 0 spiro atoms. The largest absolute Gasteiger partial charge is 0.261 e. The Bertz CT molecular complexity index is 1570. The Kier molecular flexibility index (Phi) is 9.47. The normalized spacial score (nSPS) is 12.5. The van der Waals surface area contributed by atoms with Crippen LogP contribution in [0.4, 0.5) is 0 Å². The van der Waals surface area contributed by atoms with Gasteiger partial charge >= 0.3 is 0 Å². The van der Waals surface area contributed by atoms with E-state index in [4.69, 9.17) is 9.98 Å². The van der Waals surface area contributed by atoms with Crippen LogP contribution in [0.2, 0.25) is 0 Å². The van der Waals surface area contributed by atoms with E-state index >= 15 is 0 Å². The molecule has 0 saturated carbocycles. The third kappa shape index (κ3) is 7.33. The van der Waals surface area contributed by atoms with Crippen LogP contribution in [0.25, 0.3) is 22.3 Å². The number of hydrogen-bond acceptors (Lipinski definition) is 1. The molecule has 0 amide bonds. The lowest BCUT2D eigenvalue weighted by molar-refractivity contribution is 1.06. The highest BCUT2D eigenvalue weighted by molar-refractivity contribution is 6.13. The lowest BCUT2D eigenvalue weighted by atomic mass is 9.97. The lowest BCUT2D eigenvalue weighted by Gasteiger charge is -2.10. The zero-order valence-corrected chi connectivity index (χ0v) is 22.6. The highest BCUT2D eigenvalue weighted by Crippen LogP contribution is 2.28. The second-order valence-corrected chi connectivity index (χ2v) is 9.11. The Labute approximate surface area is 232 Å². The van der Waals surface area contributed by atoms with Gasteiger partial charge in [0, 0.05) is 11.1 Å². The molecule has 192 valence electrons. The van der Waals surface area contributed by atoms with Crippen molar-refractivity contribution in [3.8, 4) is 22.3 Å².